The Morgan fingerprint density at radius 1 is 1.40 bits per heavy atom. The summed E-state index contributed by atoms with van der Waals surface area (Å²) >= 11 is 0. The van der Waals surface area contributed by atoms with Crippen molar-refractivity contribution >= 4 is 0 Å². The molecule has 1 aliphatic rings. The van der Waals surface area contributed by atoms with E-state index in [2.05, 4.69) is 6.07 Å². The second kappa shape index (κ2) is 4.95. The summed E-state index contributed by atoms with van der Waals surface area (Å²) in [5, 5.41) is 8.72. The highest BCUT2D eigenvalue weighted by molar-refractivity contribution is 5.32. The smallest absolute Gasteiger partial charge is 0.0991 e. The second-order valence-electron chi connectivity index (χ2n) is 4.10. The van der Waals surface area contributed by atoms with E-state index in [0.717, 1.165) is 18.1 Å². The summed E-state index contributed by atoms with van der Waals surface area (Å²) in [5.41, 5.74) is 1.79. The molecule has 1 saturated carbocycles. The first-order valence-corrected chi connectivity index (χ1v) is 5.45. The highest BCUT2D eigenvalue weighted by atomic mass is 16.5. The lowest BCUT2D eigenvalue weighted by Gasteiger charge is -2.03. The largest absolute Gasteiger partial charge is 0.377 e. The third-order valence-electron chi connectivity index (χ3n) is 2.69. The van der Waals surface area contributed by atoms with Gasteiger partial charge in [-0.2, -0.15) is 5.26 Å². The zero-order valence-corrected chi connectivity index (χ0v) is 8.78. The molecular weight excluding hydrogens is 186 g/mol. The van der Waals surface area contributed by atoms with E-state index >= 15 is 0 Å². The van der Waals surface area contributed by atoms with Crippen LogP contribution in [-0.4, -0.2) is 6.61 Å². The van der Waals surface area contributed by atoms with Gasteiger partial charge >= 0.3 is 0 Å². The number of benzene rings is 1. The molecule has 78 valence electrons. The van der Waals surface area contributed by atoms with Gasteiger partial charge in [0.25, 0.3) is 0 Å². The molecular formula is C13H15NO. The van der Waals surface area contributed by atoms with E-state index in [0.29, 0.717) is 12.2 Å². The Kier molecular flexibility index (Phi) is 3.37. The van der Waals surface area contributed by atoms with E-state index in [1.165, 1.54) is 19.3 Å². The van der Waals surface area contributed by atoms with Crippen molar-refractivity contribution < 1.29 is 4.74 Å². The molecule has 2 rings (SSSR count). The van der Waals surface area contributed by atoms with Gasteiger partial charge in [0, 0.05) is 6.61 Å². The van der Waals surface area contributed by atoms with Crippen molar-refractivity contribution in [1.29, 1.82) is 5.26 Å². The van der Waals surface area contributed by atoms with Gasteiger partial charge in [0.2, 0.25) is 0 Å². The van der Waals surface area contributed by atoms with Crippen LogP contribution in [0.3, 0.4) is 0 Å². The molecule has 0 aromatic heterocycles. The molecule has 0 N–H and O–H groups in total. The monoisotopic (exact) mass is 201 g/mol. The first-order chi connectivity index (χ1) is 7.38. The van der Waals surface area contributed by atoms with Crippen LogP contribution in [0.4, 0.5) is 0 Å². The predicted octanol–water partition coefficient (Wildman–Crippen LogP) is 2.87. The normalized spacial score (nSPS) is 14.9. The van der Waals surface area contributed by atoms with Crippen LogP contribution in [0.25, 0.3) is 0 Å². The molecule has 1 aliphatic carbocycles. The first kappa shape index (κ1) is 10.2. The third kappa shape index (κ3) is 3.38. The van der Waals surface area contributed by atoms with Crippen LogP contribution in [0.5, 0.6) is 0 Å². The average molecular weight is 201 g/mol. The summed E-state index contributed by atoms with van der Waals surface area (Å²) in [6, 6.07) is 9.73. The Labute approximate surface area is 90.5 Å². The average Bonchev–Trinajstić information content (AvgIpc) is 3.09. The molecule has 0 unspecified atom stereocenters. The van der Waals surface area contributed by atoms with Gasteiger partial charge < -0.3 is 4.74 Å². The summed E-state index contributed by atoms with van der Waals surface area (Å²) in [5.74, 6) is 0.926. The Balaban J connectivity index is 1.74. The number of ether oxygens (including phenoxy) is 1. The van der Waals surface area contributed by atoms with Crippen molar-refractivity contribution in [2.75, 3.05) is 6.61 Å². The number of hydrogen-bond donors (Lipinski definition) is 0. The Morgan fingerprint density at radius 3 is 3.00 bits per heavy atom. The molecule has 15 heavy (non-hydrogen) atoms. The molecule has 0 aliphatic heterocycles. The molecule has 2 heteroatoms. The maximum atomic E-state index is 8.72. The molecule has 0 radical (unpaired) electrons. The maximum absolute atomic E-state index is 8.72. The lowest BCUT2D eigenvalue weighted by Crippen LogP contribution is -1.96. The molecule has 1 fully saturated rings. The van der Waals surface area contributed by atoms with Crippen molar-refractivity contribution in [2.45, 2.75) is 25.9 Å². The molecule has 0 spiro atoms. The lowest BCUT2D eigenvalue weighted by molar-refractivity contribution is 0.115. The van der Waals surface area contributed by atoms with Gasteiger partial charge in [-0.3, -0.25) is 0 Å². The molecule has 0 atom stereocenters. The standard InChI is InChI=1S/C13H15NO/c14-9-12-2-1-3-13(8-12)10-15-7-6-11-4-5-11/h1-3,8,11H,4-7,10H2. The fraction of sp³-hybridized carbons (Fsp3) is 0.462. The van der Waals surface area contributed by atoms with Crippen LogP contribution in [-0.2, 0) is 11.3 Å². The SMILES string of the molecule is N#Cc1cccc(COCCC2CC2)c1. The van der Waals surface area contributed by atoms with E-state index in [1.807, 2.05) is 24.3 Å². The third-order valence-corrected chi connectivity index (χ3v) is 2.69. The van der Waals surface area contributed by atoms with Crippen molar-refractivity contribution in [3.63, 3.8) is 0 Å². The molecule has 0 bridgehead atoms. The van der Waals surface area contributed by atoms with Crippen molar-refractivity contribution in [1.82, 2.24) is 0 Å². The van der Waals surface area contributed by atoms with Gasteiger partial charge in [0.1, 0.15) is 0 Å². The number of hydrogen-bond acceptors (Lipinski definition) is 2. The van der Waals surface area contributed by atoms with E-state index in [1.54, 1.807) is 0 Å². The van der Waals surface area contributed by atoms with E-state index in [-0.39, 0.29) is 0 Å². The number of nitriles is 1. The lowest BCUT2D eigenvalue weighted by atomic mass is 10.1. The first-order valence-electron chi connectivity index (χ1n) is 5.45. The van der Waals surface area contributed by atoms with Gasteiger partial charge in [-0.1, -0.05) is 25.0 Å². The number of rotatable bonds is 5. The van der Waals surface area contributed by atoms with Crippen molar-refractivity contribution in [2.24, 2.45) is 5.92 Å². The summed E-state index contributed by atoms with van der Waals surface area (Å²) in [6.07, 6.45) is 3.96. The topological polar surface area (TPSA) is 33.0 Å². The fourth-order valence-electron chi connectivity index (χ4n) is 1.58. The van der Waals surface area contributed by atoms with E-state index < -0.39 is 0 Å². The van der Waals surface area contributed by atoms with Crippen LogP contribution in [0.15, 0.2) is 24.3 Å². The van der Waals surface area contributed by atoms with Gasteiger partial charge in [-0.05, 0) is 30.0 Å². The Bertz CT molecular complexity index is 363. The molecule has 2 nitrogen and oxygen atoms in total. The zero-order valence-electron chi connectivity index (χ0n) is 8.78. The molecule has 1 aromatic rings. The second-order valence-corrected chi connectivity index (χ2v) is 4.10. The van der Waals surface area contributed by atoms with Crippen molar-refractivity contribution in [3.05, 3.63) is 35.4 Å². The maximum Gasteiger partial charge on any atom is 0.0991 e. The quantitative estimate of drug-likeness (QED) is 0.686. The summed E-state index contributed by atoms with van der Waals surface area (Å²) < 4.78 is 5.56. The molecule has 0 saturated heterocycles. The minimum Gasteiger partial charge on any atom is -0.377 e. The van der Waals surface area contributed by atoms with Gasteiger partial charge in [-0.25, -0.2) is 0 Å². The van der Waals surface area contributed by atoms with Gasteiger partial charge in [0.05, 0.1) is 18.2 Å². The Morgan fingerprint density at radius 2 is 2.27 bits per heavy atom. The highest BCUT2D eigenvalue weighted by Crippen LogP contribution is 2.32. The van der Waals surface area contributed by atoms with E-state index in [4.69, 9.17) is 10.00 Å². The van der Waals surface area contributed by atoms with Crippen LogP contribution in [0, 0.1) is 17.2 Å². The summed E-state index contributed by atoms with van der Waals surface area (Å²) in [6.45, 7) is 1.48. The number of nitrogens with zero attached hydrogens (tertiary/aromatic N) is 1. The minimum atomic E-state index is 0.627. The molecule has 0 amide bonds. The molecule has 0 heterocycles. The minimum absolute atomic E-state index is 0.627. The predicted molar refractivity (Wildman–Crippen MR) is 58.2 cm³/mol. The summed E-state index contributed by atoms with van der Waals surface area (Å²) in [4.78, 5) is 0. The van der Waals surface area contributed by atoms with Gasteiger partial charge in [-0.15, -0.1) is 0 Å². The van der Waals surface area contributed by atoms with Crippen molar-refractivity contribution in [3.8, 4) is 6.07 Å². The van der Waals surface area contributed by atoms with Crippen LogP contribution < -0.4 is 0 Å². The zero-order chi connectivity index (χ0) is 10.5. The van der Waals surface area contributed by atoms with Crippen LogP contribution >= 0.6 is 0 Å². The van der Waals surface area contributed by atoms with Crippen LogP contribution in [0.1, 0.15) is 30.4 Å². The van der Waals surface area contributed by atoms with E-state index in [9.17, 15) is 0 Å². The molecule has 1 aromatic carbocycles. The Hall–Kier alpha value is -1.33. The summed E-state index contributed by atoms with van der Waals surface area (Å²) in [7, 11) is 0. The fourth-order valence-corrected chi connectivity index (χ4v) is 1.58. The van der Waals surface area contributed by atoms with Crippen LogP contribution in [0.2, 0.25) is 0 Å². The van der Waals surface area contributed by atoms with Gasteiger partial charge in [0.15, 0.2) is 0 Å². The highest BCUT2D eigenvalue weighted by Gasteiger charge is 2.20.